The van der Waals surface area contributed by atoms with Crippen LogP contribution in [0.4, 0.5) is 9.18 Å². The Hall–Kier alpha value is -1.93. The van der Waals surface area contributed by atoms with Gasteiger partial charge in [-0.25, -0.2) is 9.18 Å². The van der Waals surface area contributed by atoms with E-state index in [-0.39, 0.29) is 28.4 Å². The highest BCUT2D eigenvalue weighted by Gasteiger charge is 2.67. The van der Waals surface area contributed by atoms with E-state index in [9.17, 15) is 14.0 Å². The van der Waals surface area contributed by atoms with Gasteiger partial charge in [0.1, 0.15) is 11.4 Å². The van der Waals surface area contributed by atoms with Gasteiger partial charge in [-0.2, -0.15) is 0 Å². The van der Waals surface area contributed by atoms with Gasteiger partial charge in [0.15, 0.2) is 12.0 Å². The van der Waals surface area contributed by atoms with Crippen molar-refractivity contribution in [2.45, 2.75) is 84.4 Å². The summed E-state index contributed by atoms with van der Waals surface area (Å²) < 4.78 is 37.4. The molecule has 6 nitrogen and oxygen atoms in total. The second-order valence-corrected chi connectivity index (χ2v) is 11.1. The molecule has 0 spiro atoms. The van der Waals surface area contributed by atoms with E-state index >= 15 is 0 Å². The van der Waals surface area contributed by atoms with Crippen molar-refractivity contribution >= 4 is 19.6 Å². The van der Waals surface area contributed by atoms with Crippen LogP contribution in [0.5, 0.6) is 5.75 Å². The SMILES string of the molecule is CC(C)(C)OC(=O)Oc1c(CCB2OC3CC4CC(C4(C)C)C3(C)O2)ccc(F)c1C=O. The standard InChI is InChI=1S/C24H32BFO6/c1-22(2,3)30-21(28)29-20-14(7-8-17(26)16(20)13-27)9-10-25-31-19-12-15-11-18(23(15,4)5)24(19,6)32-25/h7-8,13,15,18-19H,9-12H2,1-6H3. The van der Waals surface area contributed by atoms with Crippen LogP contribution in [-0.4, -0.2) is 36.9 Å². The minimum absolute atomic E-state index is 0.0699. The van der Waals surface area contributed by atoms with Gasteiger partial charge in [0.05, 0.1) is 17.3 Å². The fourth-order valence-corrected chi connectivity index (χ4v) is 5.75. The summed E-state index contributed by atoms with van der Waals surface area (Å²) in [4.78, 5) is 23.7. The highest BCUT2D eigenvalue weighted by Crippen LogP contribution is 2.65. The molecule has 32 heavy (non-hydrogen) atoms. The summed E-state index contributed by atoms with van der Waals surface area (Å²) in [7, 11) is -0.403. The minimum atomic E-state index is -0.985. The highest BCUT2D eigenvalue weighted by atomic mass is 19.1. The molecular weight excluding hydrogens is 414 g/mol. The number of carbonyl (C=O) groups is 2. The van der Waals surface area contributed by atoms with E-state index in [4.69, 9.17) is 18.8 Å². The fraction of sp³-hybridized carbons (Fsp3) is 0.667. The fourth-order valence-electron chi connectivity index (χ4n) is 5.75. The summed E-state index contributed by atoms with van der Waals surface area (Å²) >= 11 is 0. The first-order chi connectivity index (χ1) is 14.8. The number of halogens is 1. The second kappa shape index (κ2) is 7.84. The molecule has 0 aromatic heterocycles. The molecule has 0 amide bonds. The first-order valence-electron chi connectivity index (χ1n) is 11.4. The van der Waals surface area contributed by atoms with Crippen LogP contribution in [0.2, 0.25) is 6.32 Å². The minimum Gasteiger partial charge on any atom is -0.428 e. The molecule has 0 radical (unpaired) electrons. The Labute approximate surface area is 189 Å². The van der Waals surface area contributed by atoms with E-state index in [1.807, 2.05) is 0 Å². The molecule has 4 aliphatic rings. The van der Waals surface area contributed by atoms with E-state index in [2.05, 4.69) is 20.8 Å². The Balaban J connectivity index is 1.48. The van der Waals surface area contributed by atoms with E-state index in [0.717, 1.165) is 6.42 Å². The number of aldehydes is 1. The smallest absolute Gasteiger partial charge is 0.428 e. The van der Waals surface area contributed by atoms with Crippen LogP contribution < -0.4 is 4.74 Å². The number of benzene rings is 1. The maximum Gasteiger partial charge on any atom is 0.514 e. The van der Waals surface area contributed by atoms with E-state index in [1.54, 1.807) is 20.8 Å². The van der Waals surface area contributed by atoms with Crippen molar-refractivity contribution in [3.05, 3.63) is 29.1 Å². The Morgan fingerprint density at radius 2 is 2.00 bits per heavy atom. The maximum absolute atomic E-state index is 14.2. The molecule has 1 heterocycles. The van der Waals surface area contributed by atoms with Gasteiger partial charge in [0.25, 0.3) is 0 Å². The van der Waals surface area contributed by atoms with Crippen LogP contribution in [0.15, 0.2) is 12.1 Å². The van der Waals surface area contributed by atoms with Crippen molar-refractivity contribution in [3.8, 4) is 5.75 Å². The molecule has 3 aliphatic carbocycles. The maximum atomic E-state index is 14.2. The molecule has 1 saturated heterocycles. The molecule has 1 aromatic carbocycles. The number of hydrogen-bond acceptors (Lipinski definition) is 6. The lowest BCUT2D eigenvalue weighted by Gasteiger charge is -2.64. The van der Waals surface area contributed by atoms with Gasteiger partial charge in [-0.05, 0) is 82.2 Å². The zero-order valence-corrected chi connectivity index (χ0v) is 19.7. The van der Waals surface area contributed by atoms with Crippen molar-refractivity contribution in [2.75, 3.05) is 0 Å². The Bertz CT molecular complexity index is 926. The molecule has 5 rings (SSSR count). The predicted octanol–water partition coefficient (Wildman–Crippen LogP) is 5.22. The van der Waals surface area contributed by atoms with Gasteiger partial charge >= 0.3 is 13.3 Å². The lowest BCUT2D eigenvalue weighted by Crippen LogP contribution is -2.65. The second-order valence-electron chi connectivity index (χ2n) is 11.1. The molecular formula is C24H32BFO6. The third kappa shape index (κ3) is 3.96. The van der Waals surface area contributed by atoms with E-state index < -0.39 is 24.7 Å². The summed E-state index contributed by atoms with van der Waals surface area (Å²) in [6.07, 6.45) is 2.50. The van der Waals surface area contributed by atoms with Gasteiger partial charge in [0.2, 0.25) is 0 Å². The number of ether oxygens (including phenoxy) is 2. The average molecular weight is 446 g/mol. The summed E-state index contributed by atoms with van der Waals surface area (Å²) in [5.74, 6) is 0.256. The third-order valence-electron chi connectivity index (χ3n) is 7.57. The molecule has 3 saturated carbocycles. The quantitative estimate of drug-likeness (QED) is 0.267. The zero-order valence-electron chi connectivity index (χ0n) is 19.7. The van der Waals surface area contributed by atoms with Gasteiger partial charge < -0.3 is 18.8 Å². The Kier molecular flexibility index (Phi) is 5.69. The highest BCUT2D eigenvalue weighted by molar-refractivity contribution is 6.45. The molecule has 8 heteroatoms. The Morgan fingerprint density at radius 1 is 1.28 bits per heavy atom. The number of carbonyl (C=O) groups excluding carboxylic acids is 2. The summed E-state index contributed by atoms with van der Waals surface area (Å²) in [6, 6.07) is 2.72. The molecule has 174 valence electrons. The Morgan fingerprint density at radius 3 is 2.62 bits per heavy atom. The monoisotopic (exact) mass is 446 g/mol. The number of hydrogen-bond donors (Lipinski definition) is 0. The van der Waals surface area contributed by atoms with Gasteiger partial charge in [-0.15, -0.1) is 0 Å². The number of rotatable bonds is 5. The molecule has 2 bridgehead atoms. The molecule has 0 N–H and O–H groups in total. The summed E-state index contributed by atoms with van der Waals surface area (Å²) in [5.41, 5.74) is -0.609. The summed E-state index contributed by atoms with van der Waals surface area (Å²) in [5, 5.41) is 0. The van der Waals surface area contributed by atoms with Crippen LogP contribution in [0.3, 0.4) is 0 Å². The zero-order chi connectivity index (χ0) is 23.5. The van der Waals surface area contributed by atoms with Gasteiger partial charge in [-0.3, -0.25) is 4.79 Å². The normalized spacial score (nSPS) is 30.3. The molecule has 4 fully saturated rings. The van der Waals surface area contributed by atoms with Crippen molar-refractivity contribution < 1.29 is 32.8 Å². The first kappa shape index (κ1) is 23.2. The lowest BCUT2D eigenvalue weighted by molar-refractivity contribution is -0.199. The van der Waals surface area contributed by atoms with Gasteiger partial charge in [0, 0.05) is 0 Å². The van der Waals surface area contributed by atoms with Crippen molar-refractivity contribution in [2.24, 2.45) is 17.3 Å². The average Bonchev–Trinajstić information content (AvgIpc) is 3.02. The lowest BCUT2D eigenvalue weighted by atomic mass is 9.43. The molecule has 1 aromatic rings. The topological polar surface area (TPSA) is 71.1 Å². The first-order valence-corrected chi connectivity index (χ1v) is 11.4. The predicted molar refractivity (Wildman–Crippen MR) is 117 cm³/mol. The van der Waals surface area contributed by atoms with Crippen molar-refractivity contribution in [3.63, 3.8) is 0 Å². The van der Waals surface area contributed by atoms with Crippen LogP contribution >= 0.6 is 0 Å². The van der Waals surface area contributed by atoms with Crippen LogP contribution in [-0.2, 0) is 20.5 Å². The van der Waals surface area contributed by atoms with Crippen LogP contribution in [0.1, 0.15) is 70.3 Å². The molecule has 1 aliphatic heterocycles. The van der Waals surface area contributed by atoms with Crippen LogP contribution in [0, 0.1) is 23.1 Å². The van der Waals surface area contributed by atoms with Crippen molar-refractivity contribution in [1.82, 2.24) is 0 Å². The number of aryl methyl sites for hydroxylation is 1. The third-order valence-corrected chi connectivity index (χ3v) is 7.57. The van der Waals surface area contributed by atoms with Crippen molar-refractivity contribution in [1.29, 1.82) is 0 Å². The van der Waals surface area contributed by atoms with Crippen LogP contribution in [0.25, 0.3) is 0 Å². The van der Waals surface area contributed by atoms with Gasteiger partial charge in [-0.1, -0.05) is 19.9 Å². The largest absolute Gasteiger partial charge is 0.514 e. The molecule has 4 atom stereocenters. The van der Waals surface area contributed by atoms with E-state index in [1.165, 1.54) is 18.6 Å². The van der Waals surface area contributed by atoms with E-state index in [0.29, 0.717) is 36.4 Å². The molecule has 4 unspecified atom stereocenters. The summed E-state index contributed by atoms with van der Waals surface area (Å²) in [6.45, 7) is 11.9.